The molecule has 0 aliphatic rings. The van der Waals surface area contributed by atoms with E-state index in [-0.39, 0.29) is 11.2 Å². The molecule has 24 heavy (non-hydrogen) atoms. The van der Waals surface area contributed by atoms with E-state index in [0.29, 0.717) is 29.1 Å². The average molecular weight is 389 g/mol. The zero-order valence-electron chi connectivity index (χ0n) is 13.3. The summed E-state index contributed by atoms with van der Waals surface area (Å²) in [7, 11) is 0. The van der Waals surface area contributed by atoms with Gasteiger partial charge in [-0.05, 0) is 46.6 Å². The fourth-order valence-electron chi connectivity index (χ4n) is 2.23. The third kappa shape index (κ3) is 3.62. The number of hydrogen-bond donors (Lipinski definition) is 0. The molecule has 1 aromatic heterocycles. The Kier molecular flexibility index (Phi) is 5.20. The normalized spacial score (nSPS) is 10.8. The minimum absolute atomic E-state index is 0.147. The van der Waals surface area contributed by atoms with Crippen molar-refractivity contribution >= 4 is 26.9 Å². The molecule has 0 fully saturated rings. The lowest BCUT2D eigenvalue weighted by molar-refractivity contribution is 0.309. The Morgan fingerprint density at radius 1 is 1.12 bits per heavy atom. The maximum atomic E-state index is 12.6. The Hall–Kier alpha value is -2.27. The monoisotopic (exact) mass is 388 g/mol. The van der Waals surface area contributed by atoms with Crippen LogP contribution in [0.3, 0.4) is 0 Å². The summed E-state index contributed by atoms with van der Waals surface area (Å²) in [6, 6.07) is 12.5. The number of halogens is 1. The molecule has 124 valence electrons. The van der Waals surface area contributed by atoms with Gasteiger partial charge in [-0.3, -0.25) is 4.79 Å². The van der Waals surface area contributed by atoms with Crippen LogP contribution in [0.1, 0.15) is 19.8 Å². The van der Waals surface area contributed by atoms with Crippen LogP contribution in [0.2, 0.25) is 0 Å². The lowest BCUT2D eigenvalue weighted by atomic mass is 10.2. The summed E-state index contributed by atoms with van der Waals surface area (Å²) in [5, 5.41) is 0.461. The second kappa shape index (κ2) is 7.53. The number of hydrogen-bond acceptors (Lipinski definition) is 4. The van der Waals surface area contributed by atoms with Crippen LogP contribution in [-0.4, -0.2) is 6.61 Å². The predicted octanol–water partition coefficient (Wildman–Crippen LogP) is 5.53. The molecule has 3 aromatic rings. The summed E-state index contributed by atoms with van der Waals surface area (Å²) >= 11 is 3.39. The zero-order valence-corrected chi connectivity index (χ0v) is 14.8. The van der Waals surface area contributed by atoms with E-state index in [9.17, 15) is 4.79 Å². The van der Waals surface area contributed by atoms with Gasteiger partial charge in [0.1, 0.15) is 23.3 Å². The molecule has 4 nitrogen and oxygen atoms in total. The van der Waals surface area contributed by atoms with Gasteiger partial charge in [-0.1, -0.05) is 25.5 Å². The van der Waals surface area contributed by atoms with E-state index in [1.807, 2.05) is 18.2 Å². The molecule has 0 saturated carbocycles. The van der Waals surface area contributed by atoms with Gasteiger partial charge in [-0.2, -0.15) is 0 Å². The average Bonchev–Trinajstić information content (AvgIpc) is 2.59. The molecule has 0 bridgehead atoms. The lowest BCUT2D eigenvalue weighted by Gasteiger charge is -2.08. The van der Waals surface area contributed by atoms with Gasteiger partial charge in [0.05, 0.1) is 16.5 Å². The van der Waals surface area contributed by atoms with Crippen molar-refractivity contribution in [3.63, 3.8) is 0 Å². The smallest absolute Gasteiger partial charge is 0.235 e. The van der Waals surface area contributed by atoms with Crippen LogP contribution in [0.5, 0.6) is 17.2 Å². The van der Waals surface area contributed by atoms with Crippen LogP contribution in [-0.2, 0) is 0 Å². The fourth-order valence-corrected chi connectivity index (χ4v) is 2.60. The minimum atomic E-state index is -0.216. The van der Waals surface area contributed by atoms with Gasteiger partial charge in [-0.15, -0.1) is 0 Å². The molecular weight excluding hydrogens is 372 g/mol. The Labute approximate surface area is 148 Å². The third-order valence-corrected chi connectivity index (χ3v) is 4.19. The Bertz CT molecular complexity index is 901. The van der Waals surface area contributed by atoms with Crippen molar-refractivity contribution in [2.75, 3.05) is 6.61 Å². The highest BCUT2D eigenvalue weighted by Gasteiger charge is 2.11. The van der Waals surface area contributed by atoms with Crippen LogP contribution in [0.4, 0.5) is 0 Å². The summed E-state index contributed by atoms with van der Waals surface area (Å²) < 4.78 is 17.6. The van der Waals surface area contributed by atoms with Crippen molar-refractivity contribution in [3.05, 3.63) is 63.4 Å². The second-order valence-corrected chi connectivity index (χ2v) is 6.18. The summed E-state index contributed by atoms with van der Waals surface area (Å²) in [5.74, 6) is 1.40. The molecule has 0 unspecified atom stereocenters. The molecule has 0 radical (unpaired) electrons. The Morgan fingerprint density at radius 3 is 2.75 bits per heavy atom. The van der Waals surface area contributed by atoms with Gasteiger partial charge < -0.3 is 13.9 Å². The van der Waals surface area contributed by atoms with Crippen LogP contribution in [0, 0.1) is 0 Å². The molecule has 0 atom stereocenters. The molecule has 0 aliphatic heterocycles. The summed E-state index contributed by atoms with van der Waals surface area (Å²) in [6.45, 7) is 2.75. The molecule has 3 rings (SSSR count). The molecular formula is C19H17BrO4. The van der Waals surface area contributed by atoms with Gasteiger partial charge in [0, 0.05) is 6.07 Å². The SMILES string of the molecule is CCCCOc1ccc2c(=O)c(Oc3ccccc3Br)coc2c1. The standard InChI is InChI=1S/C19H17BrO4/c1-2-3-10-22-13-8-9-14-17(11-13)23-12-18(19(14)21)24-16-7-5-4-6-15(16)20/h4-9,11-12H,2-3,10H2,1H3. The van der Waals surface area contributed by atoms with Crippen LogP contribution >= 0.6 is 15.9 Å². The first-order valence-electron chi connectivity index (χ1n) is 7.80. The van der Waals surface area contributed by atoms with Crippen molar-refractivity contribution in [3.8, 4) is 17.2 Å². The highest BCUT2D eigenvalue weighted by atomic mass is 79.9. The maximum absolute atomic E-state index is 12.6. The molecule has 0 amide bonds. The van der Waals surface area contributed by atoms with Crippen LogP contribution < -0.4 is 14.9 Å². The molecule has 1 heterocycles. The van der Waals surface area contributed by atoms with Gasteiger partial charge >= 0.3 is 0 Å². The van der Waals surface area contributed by atoms with E-state index in [4.69, 9.17) is 13.9 Å². The third-order valence-electron chi connectivity index (χ3n) is 3.54. The quantitative estimate of drug-likeness (QED) is 0.521. The first-order valence-corrected chi connectivity index (χ1v) is 8.59. The van der Waals surface area contributed by atoms with Crippen molar-refractivity contribution in [2.45, 2.75) is 19.8 Å². The molecule has 0 saturated heterocycles. The summed E-state index contributed by atoms with van der Waals surface area (Å²) in [6.07, 6.45) is 3.39. The van der Waals surface area contributed by atoms with Crippen molar-refractivity contribution in [1.29, 1.82) is 0 Å². The predicted molar refractivity (Wildman–Crippen MR) is 97.1 cm³/mol. The fraction of sp³-hybridized carbons (Fsp3) is 0.211. The maximum Gasteiger partial charge on any atom is 0.235 e. The number of fused-ring (bicyclic) bond motifs is 1. The summed E-state index contributed by atoms with van der Waals surface area (Å²) in [4.78, 5) is 12.6. The topological polar surface area (TPSA) is 48.7 Å². The first kappa shape index (κ1) is 16.6. The number of rotatable bonds is 6. The first-order chi connectivity index (χ1) is 11.7. The largest absolute Gasteiger partial charge is 0.493 e. The van der Waals surface area contributed by atoms with E-state index in [0.717, 1.165) is 17.3 Å². The van der Waals surface area contributed by atoms with Gasteiger partial charge in [-0.25, -0.2) is 0 Å². The van der Waals surface area contributed by atoms with E-state index in [1.165, 1.54) is 6.26 Å². The van der Waals surface area contributed by atoms with Crippen LogP contribution in [0.15, 0.2) is 62.4 Å². The number of para-hydroxylation sites is 1. The zero-order chi connectivity index (χ0) is 16.9. The second-order valence-electron chi connectivity index (χ2n) is 5.32. The van der Waals surface area contributed by atoms with E-state index < -0.39 is 0 Å². The van der Waals surface area contributed by atoms with Gasteiger partial charge in [0.25, 0.3) is 0 Å². The van der Waals surface area contributed by atoms with Gasteiger partial charge in [0.2, 0.25) is 11.2 Å². The number of benzene rings is 2. The lowest BCUT2D eigenvalue weighted by Crippen LogP contribution is -2.05. The molecule has 0 aliphatic carbocycles. The summed E-state index contributed by atoms with van der Waals surface area (Å²) in [5.41, 5.74) is 0.264. The number of ether oxygens (including phenoxy) is 2. The Morgan fingerprint density at radius 2 is 1.96 bits per heavy atom. The highest BCUT2D eigenvalue weighted by molar-refractivity contribution is 9.10. The van der Waals surface area contributed by atoms with Crippen molar-refractivity contribution in [2.24, 2.45) is 0 Å². The van der Waals surface area contributed by atoms with Crippen molar-refractivity contribution < 1.29 is 13.9 Å². The van der Waals surface area contributed by atoms with E-state index in [2.05, 4.69) is 22.9 Å². The molecule has 0 N–H and O–H groups in total. The molecule has 0 spiro atoms. The van der Waals surface area contributed by atoms with E-state index >= 15 is 0 Å². The number of unbranched alkanes of at least 4 members (excludes halogenated alkanes) is 1. The molecule has 2 aromatic carbocycles. The molecule has 5 heteroatoms. The minimum Gasteiger partial charge on any atom is -0.493 e. The highest BCUT2D eigenvalue weighted by Crippen LogP contribution is 2.29. The Balaban J connectivity index is 1.89. The van der Waals surface area contributed by atoms with Crippen molar-refractivity contribution in [1.82, 2.24) is 0 Å². The van der Waals surface area contributed by atoms with Crippen LogP contribution in [0.25, 0.3) is 11.0 Å². The van der Waals surface area contributed by atoms with E-state index in [1.54, 1.807) is 24.3 Å². The van der Waals surface area contributed by atoms with Gasteiger partial charge in [0.15, 0.2) is 0 Å².